The number of sulfonamides is 1. The number of nitrogens with one attached hydrogen (secondary N) is 1. The van der Waals surface area contributed by atoms with E-state index in [1.165, 1.54) is 37.4 Å². The van der Waals surface area contributed by atoms with E-state index in [0.717, 1.165) is 5.56 Å². The Morgan fingerprint density at radius 2 is 1.83 bits per heavy atom. The molecule has 0 aromatic heterocycles. The van der Waals surface area contributed by atoms with Crippen LogP contribution in [0.3, 0.4) is 0 Å². The molecule has 0 aliphatic rings. The Balaban J connectivity index is 2.22. The molecule has 8 heteroatoms. The largest absolute Gasteiger partial charge is 0.497 e. The van der Waals surface area contributed by atoms with Crippen molar-refractivity contribution in [2.24, 2.45) is 0 Å². The molecule has 0 heterocycles. The Hall–Kier alpha value is -2.45. The zero-order valence-corrected chi connectivity index (χ0v) is 13.5. The van der Waals surface area contributed by atoms with Crippen LogP contribution in [0, 0.1) is 17.0 Å². The zero-order valence-electron chi connectivity index (χ0n) is 12.6. The molecule has 0 saturated heterocycles. The summed E-state index contributed by atoms with van der Waals surface area (Å²) in [4.78, 5) is 10.5. The summed E-state index contributed by atoms with van der Waals surface area (Å²) < 4.78 is 31.9. The van der Waals surface area contributed by atoms with Crippen LogP contribution in [-0.4, -0.2) is 20.5 Å². The van der Waals surface area contributed by atoms with Crippen molar-refractivity contribution in [2.75, 3.05) is 7.11 Å². The fraction of sp³-hybridized carbons (Fsp3) is 0.200. The van der Waals surface area contributed by atoms with Gasteiger partial charge in [-0.3, -0.25) is 10.1 Å². The van der Waals surface area contributed by atoms with Crippen molar-refractivity contribution < 1.29 is 18.1 Å². The molecule has 1 N–H and O–H groups in total. The summed E-state index contributed by atoms with van der Waals surface area (Å²) in [5.74, 6) is 0.540. The summed E-state index contributed by atoms with van der Waals surface area (Å²) in [5.41, 5.74) is 1.01. The van der Waals surface area contributed by atoms with Gasteiger partial charge in [0.15, 0.2) is 0 Å². The first-order valence-corrected chi connectivity index (χ1v) is 8.19. The summed E-state index contributed by atoms with van der Waals surface area (Å²) >= 11 is 0. The molecule has 0 bridgehead atoms. The fourth-order valence-electron chi connectivity index (χ4n) is 2.04. The minimum absolute atomic E-state index is 0.0635. The van der Waals surface area contributed by atoms with Crippen molar-refractivity contribution in [3.8, 4) is 5.75 Å². The molecule has 0 aliphatic heterocycles. The van der Waals surface area contributed by atoms with Gasteiger partial charge in [-0.05, 0) is 37.3 Å². The number of ether oxygens (including phenoxy) is 1. The molecule has 0 spiro atoms. The number of methoxy groups -OCH3 is 1. The highest BCUT2D eigenvalue weighted by Gasteiger charge is 2.18. The number of rotatable bonds is 6. The topological polar surface area (TPSA) is 98.5 Å². The van der Waals surface area contributed by atoms with Crippen LogP contribution in [0.5, 0.6) is 5.75 Å². The van der Waals surface area contributed by atoms with Crippen LogP contribution in [0.25, 0.3) is 0 Å². The van der Waals surface area contributed by atoms with E-state index in [1.54, 1.807) is 19.1 Å². The van der Waals surface area contributed by atoms with Crippen LogP contribution in [-0.2, 0) is 16.6 Å². The maximum Gasteiger partial charge on any atom is 0.273 e. The first-order valence-electron chi connectivity index (χ1n) is 6.71. The molecule has 2 rings (SSSR count). The van der Waals surface area contributed by atoms with E-state index in [9.17, 15) is 18.5 Å². The molecule has 2 aromatic carbocycles. The molecule has 0 unspecified atom stereocenters. The summed E-state index contributed by atoms with van der Waals surface area (Å²) in [7, 11) is -2.28. The van der Waals surface area contributed by atoms with E-state index in [4.69, 9.17) is 4.74 Å². The third-order valence-corrected chi connectivity index (χ3v) is 4.67. The monoisotopic (exact) mass is 336 g/mol. The highest BCUT2D eigenvalue weighted by atomic mass is 32.2. The Morgan fingerprint density at radius 3 is 2.39 bits per heavy atom. The van der Waals surface area contributed by atoms with E-state index in [0.29, 0.717) is 11.3 Å². The molecule has 0 atom stereocenters. The van der Waals surface area contributed by atoms with Crippen LogP contribution in [0.4, 0.5) is 5.69 Å². The third kappa shape index (κ3) is 4.05. The number of aryl methyl sites for hydroxylation is 1. The smallest absolute Gasteiger partial charge is 0.273 e. The zero-order chi connectivity index (χ0) is 17.0. The number of nitrogens with zero attached hydrogens (tertiary/aromatic N) is 1. The number of benzene rings is 2. The first kappa shape index (κ1) is 16.9. The lowest BCUT2D eigenvalue weighted by Crippen LogP contribution is -2.23. The average Bonchev–Trinajstić information content (AvgIpc) is 2.53. The summed E-state index contributed by atoms with van der Waals surface area (Å²) in [6.45, 7) is 1.62. The SMILES string of the molecule is COc1ccc(S(=O)(=O)NCc2cc(C)ccc2[N+](=O)[O-])cc1. The molecule has 0 fully saturated rings. The van der Waals surface area contributed by atoms with Gasteiger partial charge in [0.1, 0.15) is 5.75 Å². The van der Waals surface area contributed by atoms with Crippen molar-refractivity contribution in [1.29, 1.82) is 0 Å². The van der Waals surface area contributed by atoms with Gasteiger partial charge in [-0.2, -0.15) is 0 Å². The number of nitro benzene ring substituents is 1. The van der Waals surface area contributed by atoms with Gasteiger partial charge in [0.25, 0.3) is 5.69 Å². The van der Waals surface area contributed by atoms with Crippen LogP contribution in [0.2, 0.25) is 0 Å². The summed E-state index contributed by atoms with van der Waals surface area (Å²) in [6.07, 6.45) is 0. The molecule has 0 radical (unpaired) electrons. The van der Waals surface area contributed by atoms with Gasteiger partial charge >= 0.3 is 0 Å². The van der Waals surface area contributed by atoms with Gasteiger partial charge in [-0.1, -0.05) is 11.6 Å². The predicted molar refractivity (Wildman–Crippen MR) is 84.9 cm³/mol. The molecular formula is C15H16N2O5S. The van der Waals surface area contributed by atoms with Crippen molar-refractivity contribution in [2.45, 2.75) is 18.4 Å². The first-order chi connectivity index (χ1) is 10.8. The summed E-state index contributed by atoms with van der Waals surface area (Å²) in [5, 5.41) is 11.0. The Bertz CT molecular complexity index is 816. The van der Waals surface area contributed by atoms with Gasteiger partial charge < -0.3 is 4.74 Å². The fourth-order valence-corrected chi connectivity index (χ4v) is 3.05. The van der Waals surface area contributed by atoms with Gasteiger partial charge in [0.2, 0.25) is 10.0 Å². The van der Waals surface area contributed by atoms with Gasteiger partial charge in [-0.15, -0.1) is 0 Å². The molecule has 7 nitrogen and oxygen atoms in total. The normalized spacial score (nSPS) is 11.2. The van der Waals surface area contributed by atoms with Crippen LogP contribution in [0.15, 0.2) is 47.4 Å². The highest BCUT2D eigenvalue weighted by molar-refractivity contribution is 7.89. The Labute approximate surface area is 134 Å². The molecular weight excluding hydrogens is 320 g/mol. The van der Waals surface area contributed by atoms with E-state index >= 15 is 0 Å². The minimum atomic E-state index is -3.77. The standard InChI is InChI=1S/C15H16N2O5S/c1-11-3-8-15(17(18)19)12(9-11)10-16-23(20,21)14-6-4-13(22-2)5-7-14/h3-9,16H,10H2,1-2H3. The van der Waals surface area contributed by atoms with Gasteiger partial charge in [0, 0.05) is 18.2 Å². The molecule has 0 saturated carbocycles. The molecule has 122 valence electrons. The van der Waals surface area contributed by atoms with Crippen molar-refractivity contribution >= 4 is 15.7 Å². The van der Waals surface area contributed by atoms with Crippen molar-refractivity contribution in [1.82, 2.24) is 4.72 Å². The lowest BCUT2D eigenvalue weighted by Gasteiger charge is -2.08. The van der Waals surface area contributed by atoms with Crippen LogP contribution in [0.1, 0.15) is 11.1 Å². The van der Waals surface area contributed by atoms with Crippen LogP contribution >= 0.6 is 0 Å². The second-order valence-electron chi connectivity index (χ2n) is 4.89. The third-order valence-electron chi connectivity index (χ3n) is 3.25. The quantitative estimate of drug-likeness (QED) is 0.645. The second kappa shape index (κ2) is 6.76. The van der Waals surface area contributed by atoms with Crippen molar-refractivity contribution in [3.05, 3.63) is 63.7 Å². The number of hydrogen-bond donors (Lipinski definition) is 1. The maximum atomic E-state index is 12.2. The predicted octanol–water partition coefficient (Wildman–Crippen LogP) is 2.39. The van der Waals surface area contributed by atoms with E-state index in [1.807, 2.05) is 0 Å². The van der Waals surface area contributed by atoms with E-state index < -0.39 is 14.9 Å². The van der Waals surface area contributed by atoms with E-state index in [2.05, 4.69) is 4.72 Å². The lowest BCUT2D eigenvalue weighted by molar-refractivity contribution is -0.385. The van der Waals surface area contributed by atoms with Crippen molar-refractivity contribution in [3.63, 3.8) is 0 Å². The molecule has 2 aromatic rings. The average molecular weight is 336 g/mol. The minimum Gasteiger partial charge on any atom is -0.497 e. The molecule has 0 amide bonds. The number of nitro groups is 1. The molecule has 0 aliphatic carbocycles. The van der Waals surface area contributed by atoms with E-state index in [-0.39, 0.29) is 17.1 Å². The Kier molecular flexibility index (Phi) is 4.97. The summed E-state index contributed by atoms with van der Waals surface area (Å²) in [6, 6.07) is 10.5. The lowest BCUT2D eigenvalue weighted by atomic mass is 10.1. The van der Waals surface area contributed by atoms with Gasteiger partial charge in [-0.25, -0.2) is 13.1 Å². The van der Waals surface area contributed by atoms with Crippen LogP contribution < -0.4 is 9.46 Å². The Morgan fingerprint density at radius 1 is 1.17 bits per heavy atom. The number of hydrogen-bond acceptors (Lipinski definition) is 5. The van der Waals surface area contributed by atoms with Gasteiger partial charge in [0.05, 0.1) is 16.9 Å². The second-order valence-corrected chi connectivity index (χ2v) is 6.66. The highest BCUT2D eigenvalue weighted by Crippen LogP contribution is 2.21. The molecule has 23 heavy (non-hydrogen) atoms. The maximum absolute atomic E-state index is 12.2.